The molecule has 1 aliphatic rings. The Kier molecular flexibility index (Phi) is 2.08. The quantitative estimate of drug-likeness (QED) is 0.597. The van der Waals surface area contributed by atoms with Gasteiger partial charge in [-0.25, -0.2) is 0 Å². The molecule has 3 heteroatoms. The summed E-state index contributed by atoms with van der Waals surface area (Å²) in [5.74, 6) is 0. The van der Waals surface area contributed by atoms with Crippen molar-refractivity contribution in [2.75, 3.05) is 13.2 Å². The summed E-state index contributed by atoms with van der Waals surface area (Å²) in [5.41, 5.74) is -0.0272. The van der Waals surface area contributed by atoms with Gasteiger partial charge in [0.15, 0.2) is 0 Å². The first kappa shape index (κ1) is 7.43. The first-order valence-electron chi connectivity index (χ1n) is 2.93. The van der Waals surface area contributed by atoms with Gasteiger partial charge in [-0.15, -0.1) is 0 Å². The van der Waals surface area contributed by atoms with Crippen LogP contribution in [0.1, 0.15) is 13.3 Å². The fourth-order valence-electron chi connectivity index (χ4n) is 0.807. The molecule has 52 valence electrons. The van der Waals surface area contributed by atoms with Gasteiger partial charge < -0.3 is 0 Å². The van der Waals surface area contributed by atoms with Crippen LogP contribution in [0.15, 0.2) is 0 Å². The zero-order chi connectivity index (χ0) is 6.91. The van der Waals surface area contributed by atoms with Crippen LogP contribution in [-0.4, -0.2) is 22.9 Å². The fraction of sp³-hybridized carbons (Fsp3) is 0.833. The fourth-order valence-corrected chi connectivity index (χ4v) is 1.44. The molecule has 0 aromatic carbocycles. The third-order valence-electron chi connectivity index (χ3n) is 1.53. The minimum absolute atomic E-state index is 0.0272. The van der Waals surface area contributed by atoms with E-state index in [0.29, 0.717) is 6.61 Å². The van der Waals surface area contributed by atoms with Crippen LogP contribution in [0.2, 0.25) is 0 Å². The molecule has 1 rings (SSSR count). The third-order valence-corrected chi connectivity index (χ3v) is 1.94. The zero-order valence-electron chi connectivity index (χ0n) is 5.39. The third kappa shape index (κ3) is 1.62. The van der Waals surface area contributed by atoms with Crippen molar-refractivity contribution in [2.24, 2.45) is 5.41 Å². The summed E-state index contributed by atoms with van der Waals surface area (Å²) in [6, 6.07) is 0. The molecule has 2 nitrogen and oxygen atoms in total. The number of ether oxygens (including phenoxy) is 1. The molecule has 1 heterocycles. The van der Waals surface area contributed by atoms with E-state index in [1.54, 1.807) is 0 Å². The van der Waals surface area contributed by atoms with Gasteiger partial charge in [-0.3, -0.25) is 0 Å². The average Bonchev–Trinajstić information content (AvgIpc) is 2.13. The molecule has 0 aliphatic carbocycles. The maximum atomic E-state index is 8.84. The summed E-state index contributed by atoms with van der Waals surface area (Å²) in [4.78, 5) is 0. The second kappa shape index (κ2) is 2.51. The molecule has 1 unspecified atom stereocenters. The number of aliphatic hydroxyl groups excluding tert-OH is 1. The van der Waals surface area contributed by atoms with E-state index in [0.717, 1.165) is 11.0 Å². The molecule has 0 aromatic rings. The first-order chi connectivity index (χ1) is 4.16. The van der Waals surface area contributed by atoms with Crippen LogP contribution in [0.4, 0.5) is 0 Å². The molecule has 0 saturated carbocycles. The van der Waals surface area contributed by atoms with Crippen molar-refractivity contribution >= 4 is 4.57 Å². The normalized spacial score (nSPS) is 35.6. The van der Waals surface area contributed by atoms with E-state index in [2.05, 4.69) is 15.9 Å². The van der Waals surface area contributed by atoms with Crippen molar-refractivity contribution in [2.45, 2.75) is 13.3 Å². The first-order valence-corrected chi connectivity index (χ1v) is 3.56. The Morgan fingerprint density at radius 1 is 1.89 bits per heavy atom. The predicted molar refractivity (Wildman–Crippen MR) is 30.8 cm³/mol. The molecule has 1 atom stereocenters. The molecular weight excluding hydrogens is 156 g/mol. The monoisotopic (exact) mass is 166 g/mol. The Morgan fingerprint density at radius 3 is 2.78 bits per heavy atom. The van der Waals surface area contributed by atoms with E-state index in [1.807, 2.05) is 6.92 Å². The van der Waals surface area contributed by atoms with Crippen molar-refractivity contribution in [3.63, 3.8) is 0 Å². The van der Waals surface area contributed by atoms with Gasteiger partial charge in [0, 0.05) is 0 Å². The van der Waals surface area contributed by atoms with Gasteiger partial charge in [-0.05, 0) is 0 Å². The minimum atomic E-state index is -0.0272. The Bertz CT molecular complexity index is 135. The van der Waals surface area contributed by atoms with Gasteiger partial charge in [-0.1, -0.05) is 0 Å². The molecule has 0 amide bonds. The van der Waals surface area contributed by atoms with Crippen molar-refractivity contribution < 1.29 is 25.7 Å². The van der Waals surface area contributed by atoms with Crippen LogP contribution in [0.5, 0.6) is 0 Å². The van der Waals surface area contributed by atoms with Gasteiger partial charge in [0.1, 0.15) is 0 Å². The van der Waals surface area contributed by atoms with Crippen molar-refractivity contribution in [3.05, 3.63) is 0 Å². The average molecular weight is 166 g/mol. The molecule has 1 saturated heterocycles. The SMILES string of the molecule is CC1(CO)CO[C](=[Cr])C1. The number of aliphatic hydroxyl groups is 1. The summed E-state index contributed by atoms with van der Waals surface area (Å²) in [6.07, 6.45) is 0.851. The maximum absolute atomic E-state index is 8.84. The van der Waals surface area contributed by atoms with Crippen molar-refractivity contribution in [3.8, 4) is 0 Å². The Morgan fingerprint density at radius 2 is 2.56 bits per heavy atom. The van der Waals surface area contributed by atoms with E-state index < -0.39 is 0 Å². The summed E-state index contributed by atoms with van der Waals surface area (Å²) in [5, 5.41) is 8.84. The second-order valence-electron chi connectivity index (χ2n) is 2.81. The summed E-state index contributed by atoms with van der Waals surface area (Å²) in [7, 11) is 0. The molecule has 1 aliphatic heterocycles. The second-order valence-corrected chi connectivity index (χ2v) is 3.52. The van der Waals surface area contributed by atoms with Crippen LogP contribution in [0.3, 0.4) is 0 Å². The van der Waals surface area contributed by atoms with Gasteiger partial charge in [0.25, 0.3) is 0 Å². The van der Waals surface area contributed by atoms with E-state index in [4.69, 9.17) is 9.84 Å². The van der Waals surface area contributed by atoms with Crippen molar-refractivity contribution in [1.82, 2.24) is 0 Å². The van der Waals surface area contributed by atoms with E-state index in [-0.39, 0.29) is 12.0 Å². The summed E-state index contributed by atoms with van der Waals surface area (Å²) in [6.45, 7) is 2.86. The van der Waals surface area contributed by atoms with Gasteiger partial charge in [0.05, 0.1) is 0 Å². The molecule has 0 spiro atoms. The summed E-state index contributed by atoms with van der Waals surface area (Å²) >= 11 is 2.81. The van der Waals surface area contributed by atoms with Crippen LogP contribution in [-0.2, 0) is 20.6 Å². The van der Waals surface area contributed by atoms with Gasteiger partial charge in [0.2, 0.25) is 0 Å². The topological polar surface area (TPSA) is 29.5 Å². The van der Waals surface area contributed by atoms with Crippen LogP contribution >= 0.6 is 0 Å². The van der Waals surface area contributed by atoms with E-state index in [9.17, 15) is 0 Å². The molecule has 0 bridgehead atoms. The Balaban J connectivity index is 2.54. The van der Waals surface area contributed by atoms with E-state index >= 15 is 0 Å². The molecule has 9 heavy (non-hydrogen) atoms. The predicted octanol–water partition coefficient (Wildman–Crippen LogP) is 0.0820. The summed E-state index contributed by atoms with van der Waals surface area (Å²) < 4.78 is 6.08. The Hall–Kier alpha value is 0.322. The number of rotatable bonds is 1. The number of hydrogen-bond donors (Lipinski definition) is 1. The molecule has 0 radical (unpaired) electrons. The van der Waals surface area contributed by atoms with Crippen LogP contribution in [0.25, 0.3) is 0 Å². The van der Waals surface area contributed by atoms with Crippen molar-refractivity contribution in [1.29, 1.82) is 0 Å². The standard InChI is InChI=1S/C6H10O2.Cr/c1-6(4-7)2-3-8-5-6;/h7H,2,4-5H2,1H3;. The molecule has 0 aromatic heterocycles. The van der Waals surface area contributed by atoms with Gasteiger partial charge in [-0.2, -0.15) is 0 Å². The van der Waals surface area contributed by atoms with E-state index in [1.165, 1.54) is 0 Å². The van der Waals surface area contributed by atoms with Crippen LogP contribution in [0, 0.1) is 5.41 Å². The molecular formula is C6H10CrO2. The number of hydrogen-bond acceptors (Lipinski definition) is 2. The Labute approximate surface area is 62.8 Å². The molecule has 1 fully saturated rings. The van der Waals surface area contributed by atoms with Crippen LogP contribution < -0.4 is 0 Å². The van der Waals surface area contributed by atoms with Gasteiger partial charge >= 0.3 is 62.2 Å². The zero-order valence-corrected chi connectivity index (χ0v) is 6.66. The molecule has 1 N–H and O–H groups in total.